The van der Waals surface area contributed by atoms with E-state index < -0.39 is 18.0 Å². The maximum atomic E-state index is 11.9. The second-order valence-corrected chi connectivity index (χ2v) is 4.69. The molecule has 0 spiro atoms. The summed E-state index contributed by atoms with van der Waals surface area (Å²) in [7, 11) is 1.41. The summed E-state index contributed by atoms with van der Waals surface area (Å²) < 4.78 is 5.47. The van der Waals surface area contributed by atoms with Crippen molar-refractivity contribution in [1.29, 1.82) is 0 Å². The van der Waals surface area contributed by atoms with Gasteiger partial charge in [0.05, 0.1) is 5.02 Å². The minimum atomic E-state index is -1.07. The molecule has 6 heteroatoms. The highest BCUT2D eigenvalue weighted by atomic mass is 35.5. The minimum absolute atomic E-state index is 0.367. The van der Waals surface area contributed by atoms with E-state index >= 15 is 0 Å². The Kier molecular flexibility index (Phi) is 5.18. The summed E-state index contributed by atoms with van der Waals surface area (Å²) >= 11 is 5.96. The van der Waals surface area contributed by atoms with E-state index in [2.05, 4.69) is 0 Å². The normalized spacial score (nSPS) is 11.8. The number of aryl methyl sites for hydroxylation is 1. The number of aliphatic carboxylic acids is 1. The van der Waals surface area contributed by atoms with Crippen LogP contribution in [0.25, 0.3) is 0 Å². The zero-order chi connectivity index (χ0) is 14.6. The van der Waals surface area contributed by atoms with E-state index in [1.54, 1.807) is 19.1 Å². The third-order valence-corrected chi connectivity index (χ3v) is 2.80. The van der Waals surface area contributed by atoms with Crippen LogP contribution in [0.5, 0.6) is 5.75 Å². The van der Waals surface area contributed by atoms with Gasteiger partial charge in [-0.2, -0.15) is 0 Å². The fraction of sp³-hybridized carbons (Fsp3) is 0.385. The maximum absolute atomic E-state index is 11.9. The van der Waals surface area contributed by atoms with Crippen LogP contribution in [-0.4, -0.2) is 41.6 Å². The van der Waals surface area contributed by atoms with Crippen LogP contribution in [0.2, 0.25) is 5.02 Å². The molecule has 1 atom stereocenters. The zero-order valence-corrected chi connectivity index (χ0v) is 11.8. The molecule has 0 aromatic heterocycles. The molecule has 1 unspecified atom stereocenters. The van der Waals surface area contributed by atoms with E-state index in [1.165, 1.54) is 7.05 Å². The number of hydrogen-bond acceptors (Lipinski definition) is 3. The Labute approximate surface area is 116 Å². The fourth-order valence-corrected chi connectivity index (χ4v) is 1.70. The van der Waals surface area contributed by atoms with Gasteiger partial charge in [-0.3, -0.25) is 9.59 Å². The quantitative estimate of drug-likeness (QED) is 0.898. The first-order chi connectivity index (χ1) is 8.81. The smallest absolute Gasteiger partial charge is 0.323 e. The van der Waals surface area contributed by atoms with Gasteiger partial charge in [-0.05, 0) is 31.5 Å². The van der Waals surface area contributed by atoms with Gasteiger partial charge in [-0.1, -0.05) is 17.7 Å². The van der Waals surface area contributed by atoms with E-state index in [0.717, 1.165) is 10.5 Å². The van der Waals surface area contributed by atoms with Gasteiger partial charge in [-0.25, -0.2) is 0 Å². The molecule has 104 valence electrons. The average molecular weight is 286 g/mol. The molecule has 0 fully saturated rings. The first-order valence-electron chi connectivity index (χ1n) is 5.71. The lowest BCUT2D eigenvalue weighted by molar-refractivity contribution is -0.146. The number of hydrogen-bond donors (Lipinski definition) is 1. The van der Waals surface area contributed by atoms with Crippen molar-refractivity contribution in [3.8, 4) is 5.75 Å². The number of carboxylic acid groups (broad SMARTS) is 1. The standard InChI is InChI=1S/C13H16ClNO4/c1-8-4-5-10(14)11(6-8)19-9(2)13(18)15(3)7-12(16)17/h4-6,9H,7H2,1-3H3,(H,16,17). The predicted molar refractivity (Wildman–Crippen MR) is 71.6 cm³/mol. The summed E-state index contributed by atoms with van der Waals surface area (Å²) in [6, 6.07) is 5.24. The number of carbonyl (C=O) groups is 2. The van der Waals surface area contributed by atoms with Crippen molar-refractivity contribution in [3.05, 3.63) is 28.8 Å². The third-order valence-electron chi connectivity index (χ3n) is 2.49. The molecule has 1 N–H and O–H groups in total. The van der Waals surface area contributed by atoms with Crippen molar-refractivity contribution in [2.45, 2.75) is 20.0 Å². The molecule has 0 aliphatic rings. The molecule has 5 nitrogen and oxygen atoms in total. The summed E-state index contributed by atoms with van der Waals surface area (Å²) in [5.74, 6) is -1.08. The van der Waals surface area contributed by atoms with Crippen molar-refractivity contribution in [1.82, 2.24) is 4.90 Å². The lowest BCUT2D eigenvalue weighted by atomic mass is 10.2. The summed E-state index contributed by atoms with van der Waals surface area (Å²) in [6.07, 6.45) is -0.802. The molecule has 0 aliphatic heterocycles. The van der Waals surface area contributed by atoms with E-state index in [9.17, 15) is 9.59 Å². The van der Waals surface area contributed by atoms with Crippen LogP contribution < -0.4 is 4.74 Å². The van der Waals surface area contributed by atoms with Crippen LogP contribution in [0.1, 0.15) is 12.5 Å². The molecule has 0 saturated heterocycles. The van der Waals surface area contributed by atoms with E-state index in [0.29, 0.717) is 10.8 Å². The lowest BCUT2D eigenvalue weighted by Gasteiger charge is -2.21. The summed E-state index contributed by atoms with van der Waals surface area (Å²) in [4.78, 5) is 23.5. The highest BCUT2D eigenvalue weighted by molar-refractivity contribution is 6.32. The SMILES string of the molecule is Cc1ccc(Cl)c(OC(C)C(=O)N(C)CC(=O)O)c1. The number of carbonyl (C=O) groups excluding carboxylic acids is 1. The number of halogens is 1. The molecule has 19 heavy (non-hydrogen) atoms. The molecule has 1 aromatic carbocycles. The third kappa shape index (κ3) is 4.44. The van der Waals surface area contributed by atoms with Gasteiger partial charge in [0.25, 0.3) is 5.91 Å². The molecule has 0 heterocycles. The maximum Gasteiger partial charge on any atom is 0.323 e. The average Bonchev–Trinajstić information content (AvgIpc) is 2.31. The number of ether oxygens (including phenoxy) is 1. The predicted octanol–water partition coefficient (Wildman–Crippen LogP) is 1.96. The minimum Gasteiger partial charge on any atom is -0.480 e. The van der Waals surface area contributed by atoms with E-state index in [4.69, 9.17) is 21.4 Å². The molecular formula is C13H16ClNO4. The van der Waals surface area contributed by atoms with Gasteiger partial charge >= 0.3 is 5.97 Å². The van der Waals surface area contributed by atoms with Gasteiger partial charge in [0.15, 0.2) is 6.10 Å². The molecule has 1 amide bonds. The fourth-order valence-electron chi connectivity index (χ4n) is 1.53. The highest BCUT2D eigenvalue weighted by Crippen LogP contribution is 2.26. The Balaban J connectivity index is 2.73. The van der Waals surface area contributed by atoms with Crippen molar-refractivity contribution in [2.75, 3.05) is 13.6 Å². The lowest BCUT2D eigenvalue weighted by Crippen LogP contribution is -2.40. The highest BCUT2D eigenvalue weighted by Gasteiger charge is 2.21. The van der Waals surface area contributed by atoms with E-state index in [1.807, 2.05) is 13.0 Å². The van der Waals surface area contributed by atoms with Crippen molar-refractivity contribution >= 4 is 23.5 Å². The molecule has 0 aliphatic carbocycles. The van der Waals surface area contributed by atoms with Gasteiger partial charge in [-0.15, -0.1) is 0 Å². The molecule has 0 bridgehead atoms. The van der Waals surface area contributed by atoms with Gasteiger partial charge in [0.2, 0.25) is 0 Å². The first kappa shape index (κ1) is 15.3. The number of carboxylic acids is 1. The Hall–Kier alpha value is -1.75. The summed E-state index contributed by atoms with van der Waals surface area (Å²) in [6.45, 7) is 3.07. The van der Waals surface area contributed by atoms with Crippen molar-refractivity contribution in [3.63, 3.8) is 0 Å². The van der Waals surface area contributed by atoms with Crippen molar-refractivity contribution < 1.29 is 19.4 Å². The second kappa shape index (κ2) is 6.43. The Morgan fingerprint density at radius 1 is 1.47 bits per heavy atom. The molecule has 0 saturated carbocycles. The summed E-state index contributed by atoms with van der Waals surface area (Å²) in [5, 5.41) is 9.04. The topological polar surface area (TPSA) is 66.8 Å². The molecule has 0 radical (unpaired) electrons. The van der Waals surface area contributed by atoms with Crippen LogP contribution in [0.15, 0.2) is 18.2 Å². The summed E-state index contributed by atoms with van der Waals surface area (Å²) in [5.41, 5.74) is 0.956. The number of nitrogens with zero attached hydrogens (tertiary/aromatic N) is 1. The molecule has 1 rings (SSSR count). The zero-order valence-electron chi connectivity index (χ0n) is 11.0. The number of rotatable bonds is 5. The number of likely N-dealkylation sites (N-methyl/N-ethyl adjacent to an activating group) is 1. The van der Waals surface area contributed by atoms with Crippen LogP contribution in [0.4, 0.5) is 0 Å². The Bertz CT molecular complexity index is 490. The van der Waals surface area contributed by atoms with Crippen molar-refractivity contribution in [2.24, 2.45) is 0 Å². The van der Waals surface area contributed by atoms with E-state index in [-0.39, 0.29) is 6.54 Å². The van der Waals surface area contributed by atoms with Crippen LogP contribution >= 0.6 is 11.6 Å². The Morgan fingerprint density at radius 2 is 2.11 bits per heavy atom. The number of amides is 1. The molecular weight excluding hydrogens is 270 g/mol. The monoisotopic (exact) mass is 285 g/mol. The van der Waals surface area contributed by atoms with Gasteiger partial charge in [0, 0.05) is 7.05 Å². The van der Waals surface area contributed by atoms with Crippen LogP contribution in [0, 0.1) is 6.92 Å². The van der Waals surface area contributed by atoms with Crippen LogP contribution in [0.3, 0.4) is 0 Å². The molecule has 1 aromatic rings. The number of benzene rings is 1. The first-order valence-corrected chi connectivity index (χ1v) is 6.08. The van der Waals surface area contributed by atoms with Gasteiger partial charge in [0.1, 0.15) is 12.3 Å². The van der Waals surface area contributed by atoms with Gasteiger partial charge < -0.3 is 14.7 Å². The second-order valence-electron chi connectivity index (χ2n) is 4.28. The largest absolute Gasteiger partial charge is 0.480 e. The van der Waals surface area contributed by atoms with Crippen LogP contribution in [-0.2, 0) is 9.59 Å². The Morgan fingerprint density at radius 3 is 2.68 bits per heavy atom.